The summed E-state index contributed by atoms with van der Waals surface area (Å²) < 4.78 is 55.3. The Kier molecular flexibility index (Phi) is 5.16. The summed E-state index contributed by atoms with van der Waals surface area (Å²) in [7, 11) is 0. The highest BCUT2D eigenvalue weighted by atomic mass is 19.4. The number of alkyl halides is 3. The lowest BCUT2D eigenvalue weighted by molar-refractivity contribution is -0.385. The average molecular weight is 400 g/mol. The maximum absolute atomic E-state index is 14.2. The molecule has 1 N–H and O–H groups in total. The van der Waals surface area contributed by atoms with Gasteiger partial charge in [0.2, 0.25) is 0 Å². The van der Waals surface area contributed by atoms with Crippen molar-refractivity contribution >= 4 is 11.4 Å². The lowest BCUT2D eigenvalue weighted by atomic mass is 9.84. The number of piperidine rings is 1. The van der Waals surface area contributed by atoms with Crippen LogP contribution in [0.2, 0.25) is 0 Å². The van der Waals surface area contributed by atoms with Crippen molar-refractivity contribution in [3.8, 4) is 5.75 Å². The topological polar surface area (TPSA) is 75.8 Å². The van der Waals surface area contributed by atoms with Gasteiger partial charge in [-0.25, -0.2) is 4.39 Å². The van der Waals surface area contributed by atoms with Crippen LogP contribution in [-0.4, -0.2) is 29.5 Å². The van der Waals surface area contributed by atoms with E-state index in [2.05, 4.69) is 4.74 Å². The number of benzene rings is 2. The molecule has 6 nitrogen and oxygen atoms in total. The molecule has 3 rings (SSSR count). The maximum atomic E-state index is 14.2. The zero-order chi connectivity index (χ0) is 20.5. The van der Waals surface area contributed by atoms with Crippen molar-refractivity contribution in [1.82, 2.24) is 0 Å². The Bertz CT molecular complexity index is 880. The zero-order valence-electron chi connectivity index (χ0n) is 14.4. The molecule has 150 valence electrons. The van der Waals surface area contributed by atoms with Gasteiger partial charge in [-0.05, 0) is 36.6 Å². The van der Waals surface area contributed by atoms with Crippen LogP contribution >= 0.6 is 0 Å². The summed E-state index contributed by atoms with van der Waals surface area (Å²) in [5.74, 6) is -1.18. The number of rotatable bonds is 4. The van der Waals surface area contributed by atoms with Gasteiger partial charge >= 0.3 is 6.36 Å². The van der Waals surface area contributed by atoms with Crippen molar-refractivity contribution < 1.29 is 32.3 Å². The second-order valence-corrected chi connectivity index (χ2v) is 6.49. The van der Waals surface area contributed by atoms with Gasteiger partial charge in [-0.3, -0.25) is 10.1 Å². The highest BCUT2D eigenvalue weighted by Crippen LogP contribution is 2.37. The van der Waals surface area contributed by atoms with E-state index in [0.717, 1.165) is 18.2 Å². The molecule has 2 aromatic carbocycles. The predicted octanol–water partition coefficient (Wildman–Crippen LogP) is 4.12. The Morgan fingerprint density at radius 2 is 1.82 bits per heavy atom. The summed E-state index contributed by atoms with van der Waals surface area (Å²) in [5.41, 5.74) is -1.31. The van der Waals surface area contributed by atoms with Crippen molar-refractivity contribution in [1.29, 1.82) is 0 Å². The highest BCUT2D eigenvalue weighted by Gasteiger charge is 2.36. The van der Waals surface area contributed by atoms with Crippen LogP contribution in [0, 0.1) is 15.9 Å². The van der Waals surface area contributed by atoms with Gasteiger partial charge in [0.1, 0.15) is 5.75 Å². The number of hydrogen-bond acceptors (Lipinski definition) is 5. The largest absolute Gasteiger partial charge is 0.573 e. The minimum absolute atomic E-state index is 0.138. The first-order chi connectivity index (χ1) is 13.1. The fraction of sp³-hybridized carbons (Fsp3) is 0.333. The molecule has 10 heteroatoms. The number of non-ortho nitro benzene ring substituents is 1. The van der Waals surface area contributed by atoms with Gasteiger partial charge in [-0.15, -0.1) is 13.2 Å². The molecule has 1 heterocycles. The molecule has 1 aliphatic heterocycles. The van der Waals surface area contributed by atoms with E-state index in [0.29, 0.717) is 0 Å². The Morgan fingerprint density at radius 3 is 2.39 bits per heavy atom. The monoisotopic (exact) mass is 400 g/mol. The van der Waals surface area contributed by atoms with E-state index >= 15 is 0 Å². The molecule has 28 heavy (non-hydrogen) atoms. The van der Waals surface area contributed by atoms with E-state index in [1.54, 1.807) is 4.90 Å². The van der Waals surface area contributed by atoms with Crippen LogP contribution in [0.3, 0.4) is 0 Å². The number of halogens is 4. The lowest BCUT2D eigenvalue weighted by Crippen LogP contribution is -2.43. The predicted molar refractivity (Wildman–Crippen MR) is 91.5 cm³/mol. The van der Waals surface area contributed by atoms with Crippen molar-refractivity contribution in [2.24, 2.45) is 0 Å². The molecule has 0 amide bonds. The second kappa shape index (κ2) is 7.27. The normalized spacial score (nSPS) is 16.7. The van der Waals surface area contributed by atoms with E-state index in [-0.39, 0.29) is 42.9 Å². The van der Waals surface area contributed by atoms with E-state index in [1.807, 2.05) is 0 Å². The van der Waals surface area contributed by atoms with Gasteiger partial charge in [-0.1, -0.05) is 12.1 Å². The van der Waals surface area contributed by atoms with Gasteiger partial charge in [-0.2, -0.15) is 0 Å². The van der Waals surface area contributed by atoms with Crippen LogP contribution in [0.1, 0.15) is 18.4 Å². The number of nitro benzene ring substituents is 1. The first kappa shape index (κ1) is 19.9. The molecule has 0 bridgehead atoms. The highest BCUT2D eigenvalue weighted by molar-refractivity contribution is 5.53. The van der Waals surface area contributed by atoms with E-state index in [1.165, 1.54) is 24.3 Å². The number of hydrogen-bond donors (Lipinski definition) is 1. The smallest absolute Gasteiger partial charge is 0.406 e. The molecular weight excluding hydrogens is 384 g/mol. The van der Waals surface area contributed by atoms with Gasteiger partial charge in [0.25, 0.3) is 5.69 Å². The number of nitro groups is 1. The number of ether oxygens (including phenoxy) is 1. The van der Waals surface area contributed by atoms with Gasteiger partial charge < -0.3 is 14.7 Å². The van der Waals surface area contributed by atoms with E-state index in [4.69, 9.17) is 0 Å². The Labute approximate surface area is 157 Å². The van der Waals surface area contributed by atoms with Gasteiger partial charge in [0.15, 0.2) is 5.82 Å². The third-order valence-electron chi connectivity index (χ3n) is 4.68. The SMILES string of the molecule is O=[N+]([O-])c1ccc(N2CCC(O)(c3cccc(OC(F)(F)F)c3)CC2)c(F)c1. The number of anilines is 1. The molecule has 0 radical (unpaired) electrons. The fourth-order valence-corrected chi connectivity index (χ4v) is 3.25. The van der Waals surface area contributed by atoms with Gasteiger partial charge in [0.05, 0.1) is 22.3 Å². The molecule has 2 aromatic rings. The maximum Gasteiger partial charge on any atom is 0.573 e. The summed E-state index contributed by atoms with van der Waals surface area (Å²) >= 11 is 0. The Morgan fingerprint density at radius 1 is 1.14 bits per heavy atom. The molecule has 0 unspecified atom stereocenters. The van der Waals surface area contributed by atoms with Crippen LogP contribution in [0.5, 0.6) is 5.75 Å². The van der Waals surface area contributed by atoms with Crippen LogP contribution < -0.4 is 9.64 Å². The standard InChI is InChI=1S/C18H16F4N2O4/c19-15-11-13(24(26)27)4-5-16(15)23-8-6-17(25,7-9-23)12-2-1-3-14(10-12)28-18(20,21)22/h1-5,10-11,25H,6-9H2. The molecule has 0 atom stereocenters. The minimum atomic E-state index is -4.84. The third kappa shape index (κ3) is 4.33. The van der Waals surface area contributed by atoms with Crippen molar-refractivity contribution in [3.63, 3.8) is 0 Å². The molecule has 1 fully saturated rings. The zero-order valence-corrected chi connectivity index (χ0v) is 14.4. The van der Waals surface area contributed by atoms with Crippen molar-refractivity contribution in [2.75, 3.05) is 18.0 Å². The Balaban J connectivity index is 1.74. The third-order valence-corrected chi connectivity index (χ3v) is 4.68. The molecule has 1 saturated heterocycles. The van der Waals surface area contributed by atoms with Crippen LogP contribution in [0.25, 0.3) is 0 Å². The lowest BCUT2D eigenvalue weighted by Gasteiger charge is -2.39. The molecule has 0 saturated carbocycles. The first-order valence-electron chi connectivity index (χ1n) is 8.35. The van der Waals surface area contributed by atoms with Crippen molar-refractivity contribution in [3.05, 3.63) is 64.0 Å². The molecule has 1 aliphatic rings. The summed E-state index contributed by atoms with van der Waals surface area (Å²) in [6.07, 6.45) is -4.56. The molecular formula is C18H16F4N2O4. The summed E-state index contributed by atoms with van der Waals surface area (Å²) in [6, 6.07) is 8.46. The molecule has 0 aromatic heterocycles. The fourth-order valence-electron chi connectivity index (χ4n) is 3.25. The van der Waals surface area contributed by atoms with Crippen molar-refractivity contribution in [2.45, 2.75) is 24.8 Å². The van der Waals surface area contributed by atoms with Crippen LogP contribution in [0.4, 0.5) is 28.9 Å². The summed E-state index contributed by atoms with van der Waals surface area (Å²) in [6.45, 7) is 0.436. The van der Waals surface area contributed by atoms with Gasteiger partial charge in [0, 0.05) is 19.2 Å². The average Bonchev–Trinajstić information content (AvgIpc) is 2.61. The number of aliphatic hydroxyl groups is 1. The molecule has 0 aliphatic carbocycles. The quantitative estimate of drug-likeness (QED) is 0.475. The van der Waals surface area contributed by atoms with Crippen LogP contribution in [0.15, 0.2) is 42.5 Å². The molecule has 0 spiro atoms. The summed E-state index contributed by atoms with van der Waals surface area (Å²) in [4.78, 5) is 11.6. The summed E-state index contributed by atoms with van der Waals surface area (Å²) in [5, 5.41) is 21.6. The van der Waals surface area contributed by atoms with E-state index in [9.17, 15) is 32.8 Å². The van der Waals surface area contributed by atoms with Crippen LogP contribution in [-0.2, 0) is 5.60 Å². The second-order valence-electron chi connectivity index (χ2n) is 6.49. The minimum Gasteiger partial charge on any atom is -0.406 e. The number of nitrogens with zero attached hydrogens (tertiary/aromatic N) is 2. The van der Waals surface area contributed by atoms with E-state index < -0.39 is 28.5 Å². The first-order valence-corrected chi connectivity index (χ1v) is 8.35. The Hall–Kier alpha value is -2.88.